The number of hydrogen-bond donors (Lipinski definition) is 2. The van der Waals surface area contributed by atoms with Crippen molar-refractivity contribution < 1.29 is 4.79 Å². The third-order valence-corrected chi connectivity index (χ3v) is 3.58. The van der Waals surface area contributed by atoms with Crippen molar-refractivity contribution in [1.82, 2.24) is 15.2 Å². The second-order valence-corrected chi connectivity index (χ2v) is 4.95. The van der Waals surface area contributed by atoms with Gasteiger partial charge in [0.15, 0.2) is 0 Å². The molecule has 1 fully saturated rings. The molecular formula is C13H21N3O. The van der Waals surface area contributed by atoms with Crippen LogP contribution in [0.25, 0.3) is 0 Å². The Balaban J connectivity index is 1.96. The van der Waals surface area contributed by atoms with Gasteiger partial charge in [-0.05, 0) is 39.3 Å². The lowest BCUT2D eigenvalue weighted by Crippen LogP contribution is -2.45. The van der Waals surface area contributed by atoms with Crippen LogP contribution in [0.15, 0.2) is 12.3 Å². The lowest BCUT2D eigenvalue weighted by atomic mass is 10.1. The maximum absolute atomic E-state index is 12.0. The molecule has 94 valence electrons. The van der Waals surface area contributed by atoms with Gasteiger partial charge in [0.05, 0.1) is 5.56 Å². The number of aromatic nitrogens is 1. The fourth-order valence-electron chi connectivity index (χ4n) is 2.33. The summed E-state index contributed by atoms with van der Waals surface area (Å²) in [5.41, 5.74) is 1.84. The van der Waals surface area contributed by atoms with Gasteiger partial charge in [0.2, 0.25) is 0 Å². The molecule has 2 unspecified atom stereocenters. The molecule has 2 heterocycles. The Hall–Kier alpha value is -1.29. The number of nitrogens with one attached hydrogen (secondary N) is 2. The monoisotopic (exact) mass is 235 g/mol. The second-order valence-electron chi connectivity index (χ2n) is 4.95. The van der Waals surface area contributed by atoms with Gasteiger partial charge in [0.25, 0.3) is 5.91 Å². The van der Waals surface area contributed by atoms with E-state index in [4.69, 9.17) is 0 Å². The van der Waals surface area contributed by atoms with Crippen LogP contribution in [-0.4, -0.2) is 29.1 Å². The number of amides is 1. The van der Waals surface area contributed by atoms with Crippen molar-refractivity contribution in [3.05, 3.63) is 23.5 Å². The summed E-state index contributed by atoms with van der Waals surface area (Å²) >= 11 is 0. The molecule has 4 heteroatoms. The zero-order valence-electron chi connectivity index (χ0n) is 10.8. The summed E-state index contributed by atoms with van der Waals surface area (Å²) in [6, 6.07) is 2.53. The van der Waals surface area contributed by atoms with Crippen LogP contribution in [0.4, 0.5) is 0 Å². The van der Waals surface area contributed by atoms with Crippen LogP contribution in [0.3, 0.4) is 0 Å². The van der Waals surface area contributed by atoms with Gasteiger partial charge in [0, 0.05) is 31.0 Å². The quantitative estimate of drug-likeness (QED) is 0.827. The first-order valence-corrected chi connectivity index (χ1v) is 6.25. The number of hydrogen-bond acceptors (Lipinski definition) is 2. The molecule has 2 N–H and O–H groups in total. The lowest BCUT2D eigenvalue weighted by molar-refractivity contribution is 0.0933. The predicted molar refractivity (Wildman–Crippen MR) is 68.1 cm³/mol. The van der Waals surface area contributed by atoms with Gasteiger partial charge in [-0.25, -0.2) is 0 Å². The molecule has 0 aromatic carbocycles. The number of carbonyl (C=O) groups is 1. The highest BCUT2D eigenvalue weighted by Crippen LogP contribution is 2.11. The summed E-state index contributed by atoms with van der Waals surface area (Å²) < 4.78 is 1.97. The van der Waals surface area contributed by atoms with E-state index >= 15 is 0 Å². The zero-order chi connectivity index (χ0) is 12.4. The molecule has 2 rings (SSSR count). The molecule has 0 saturated carbocycles. The van der Waals surface area contributed by atoms with Gasteiger partial charge in [-0.2, -0.15) is 0 Å². The maximum atomic E-state index is 12.0. The average Bonchev–Trinajstić information content (AvgIpc) is 2.89. The van der Waals surface area contributed by atoms with Crippen molar-refractivity contribution in [3.63, 3.8) is 0 Å². The summed E-state index contributed by atoms with van der Waals surface area (Å²) in [6.45, 7) is 5.13. The fraction of sp³-hybridized carbons (Fsp3) is 0.615. The molecule has 0 bridgehead atoms. The number of rotatable bonds is 3. The van der Waals surface area contributed by atoms with Gasteiger partial charge in [0.1, 0.15) is 0 Å². The topological polar surface area (TPSA) is 46.1 Å². The van der Waals surface area contributed by atoms with E-state index in [0.717, 1.165) is 24.2 Å². The molecule has 0 radical (unpaired) electrons. The van der Waals surface area contributed by atoms with Crippen LogP contribution < -0.4 is 10.6 Å². The largest absolute Gasteiger partial charge is 0.354 e. The Kier molecular flexibility index (Phi) is 3.52. The van der Waals surface area contributed by atoms with E-state index in [2.05, 4.69) is 17.6 Å². The molecule has 2 atom stereocenters. The van der Waals surface area contributed by atoms with E-state index in [1.54, 1.807) is 0 Å². The first kappa shape index (κ1) is 12.2. The average molecular weight is 235 g/mol. The summed E-state index contributed by atoms with van der Waals surface area (Å²) in [5, 5.41) is 6.47. The lowest BCUT2D eigenvalue weighted by Gasteiger charge is -2.20. The SMILES string of the molecule is Cc1cc(C(=O)NC(C)C2CCCN2)cn1C. The minimum atomic E-state index is 0.0231. The Morgan fingerprint density at radius 1 is 1.65 bits per heavy atom. The molecule has 1 aromatic rings. The first-order valence-electron chi connectivity index (χ1n) is 6.25. The molecular weight excluding hydrogens is 214 g/mol. The van der Waals surface area contributed by atoms with Gasteiger partial charge in [-0.3, -0.25) is 4.79 Å². The molecule has 1 amide bonds. The predicted octanol–water partition coefficient (Wildman–Crippen LogP) is 1.20. The molecule has 1 saturated heterocycles. The van der Waals surface area contributed by atoms with Crippen molar-refractivity contribution in [3.8, 4) is 0 Å². The van der Waals surface area contributed by atoms with E-state index in [-0.39, 0.29) is 11.9 Å². The Morgan fingerprint density at radius 2 is 2.41 bits per heavy atom. The molecule has 4 nitrogen and oxygen atoms in total. The van der Waals surface area contributed by atoms with Gasteiger partial charge < -0.3 is 15.2 Å². The van der Waals surface area contributed by atoms with Crippen LogP contribution in [0.2, 0.25) is 0 Å². The molecule has 17 heavy (non-hydrogen) atoms. The Morgan fingerprint density at radius 3 is 2.94 bits per heavy atom. The normalized spacial score (nSPS) is 21.5. The van der Waals surface area contributed by atoms with E-state index in [1.807, 2.05) is 30.8 Å². The Labute approximate surface area is 102 Å². The highest BCUT2D eigenvalue weighted by Gasteiger charge is 2.22. The van der Waals surface area contributed by atoms with Crippen LogP contribution >= 0.6 is 0 Å². The van der Waals surface area contributed by atoms with Crippen molar-refractivity contribution in [2.75, 3.05) is 6.54 Å². The summed E-state index contributed by atoms with van der Waals surface area (Å²) in [5.74, 6) is 0.0231. The minimum absolute atomic E-state index is 0.0231. The maximum Gasteiger partial charge on any atom is 0.253 e. The van der Waals surface area contributed by atoms with Crippen LogP contribution in [0.5, 0.6) is 0 Å². The highest BCUT2D eigenvalue weighted by molar-refractivity contribution is 5.94. The summed E-state index contributed by atoms with van der Waals surface area (Å²) in [7, 11) is 1.95. The highest BCUT2D eigenvalue weighted by atomic mass is 16.1. The van der Waals surface area contributed by atoms with Crippen LogP contribution in [0, 0.1) is 6.92 Å². The molecule has 1 aromatic heterocycles. The molecule has 0 spiro atoms. The fourth-order valence-corrected chi connectivity index (χ4v) is 2.33. The van der Waals surface area contributed by atoms with E-state index in [0.29, 0.717) is 6.04 Å². The van der Waals surface area contributed by atoms with Gasteiger partial charge in [-0.1, -0.05) is 0 Å². The van der Waals surface area contributed by atoms with E-state index in [1.165, 1.54) is 6.42 Å². The van der Waals surface area contributed by atoms with Crippen molar-refractivity contribution in [2.24, 2.45) is 7.05 Å². The number of aryl methyl sites for hydroxylation is 2. The van der Waals surface area contributed by atoms with Gasteiger partial charge in [-0.15, -0.1) is 0 Å². The number of carbonyl (C=O) groups excluding carboxylic acids is 1. The van der Waals surface area contributed by atoms with Crippen LogP contribution in [0.1, 0.15) is 35.8 Å². The van der Waals surface area contributed by atoms with E-state index in [9.17, 15) is 4.79 Å². The Bertz CT molecular complexity index is 385. The summed E-state index contributed by atoms with van der Waals surface area (Å²) in [4.78, 5) is 12.0. The third-order valence-electron chi connectivity index (χ3n) is 3.58. The van der Waals surface area contributed by atoms with Gasteiger partial charge >= 0.3 is 0 Å². The van der Waals surface area contributed by atoms with Crippen molar-refractivity contribution in [2.45, 2.75) is 38.8 Å². The third kappa shape index (κ3) is 2.69. The standard InChI is InChI=1S/C13H21N3O/c1-9-7-11(8-16(9)3)13(17)15-10(2)12-5-4-6-14-12/h7-8,10,12,14H,4-6H2,1-3H3,(H,15,17). The number of nitrogens with zero attached hydrogens (tertiary/aromatic N) is 1. The molecule has 0 aliphatic carbocycles. The summed E-state index contributed by atoms with van der Waals surface area (Å²) in [6.07, 6.45) is 4.23. The molecule has 1 aliphatic rings. The zero-order valence-corrected chi connectivity index (χ0v) is 10.8. The minimum Gasteiger partial charge on any atom is -0.354 e. The molecule has 1 aliphatic heterocycles. The second kappa shape index (κ2) is 4.92. The van der Waals surface area contributed by atoms with Crippen molar-refractivity contribution >= 4 is 5.91 Å². The van der Waals surface area contributed by atoms with Crippen molar-refractivity contribution in [1.29, 1.82) is 0 Å². The first-order chi connectivity index (χ1) is 8.08. The smallest absolute Gasteiger partial charge is 0.253 e. The van der Waals surface area contributed by atoms with E-state index < -0.39 is 0 Å². The van der Waals surface area contributed by atoms with Crippen LogP contribution in [-0.2, 0) is 7.05 Å².